The van der Waals surface area contributed by atoms with E-state index < -0.39 is 44.0 Å². The maximum atomic E-state index is 11.9. The molecule has 0 spiro atoms. The molecule has 20 heavy (non-hydrogen) atoms. The summed E-state index contributed by atoms with van der Waals surface area (Å²) in [6.07, 6.45) is -1.97. The summed E-state index contributed by atoms with van der Waals surface area (Å²) in [5, 5.41) is 18.5. The van der Waals surface area contributed by atoms with Gasteiger partial charge < -0.3 is 24.7 Å². The van der Waals surface area contributed by atoms with Crippen LogP contribution in [-0.4, -0.2) is 47.7 Å². The summed E-state index contributed by atoms with van der Waals surface area (Å²) in [4.78, 5) is 41.3. The molecule has 0 radical (unpaired) electrons. The standard InChI is InChI=1S/C9H13N2O8P/c12-4-6-5(13)3-8(19-6)10-2-1-7(14)11(9(10)15)20(16,17)18/h1-2,5-6,8,12-13H,3-4H2,(H2,16,17,18)/t5-,6+,8+/m0/s1. The zero-order chi connectivity index (χ0) is 15.1. The summed E-state index contributed by atoms with van der Waals surface area (Å²) in [6, 6.07) is 0.808. The van der Waals surface area contributed by atoms with Crippen molar-refractivity contribution in [1.82, 2.24) is 8.90 Å². The quantitative estimate of drug-likeness (QED) is 0.451. The molecule has 2 heterocycles. The minimum Gasteiger partial charge on any atom is -0.394 e. The largest absolute Gasteiger partial charge is 0.440 e. The van der Waals surface area contributed by atoms with Crippen molar-refractivity contribution in [2.24, 2.45) is 0 Å². The first-order valence-electron chi connectivity index (χ1n) is 5.60. The van der Waals surface area contributed by atoms with E-state index >= 15 is 0 Å². The Hall–Kier alpha value is -1.29. The fourth-order valence-electron chi connectivity index (χ4n) is 1.99. The number of aromatic nitrogens is 2. The smallest absolute Gasteiger partial charge is 0.394 e. The zero-order valence-corrected chi connectivity index (χ0v) is 11.0. The molecular weight excluding hydrogens is 295 g/mol. The Morgan fingerprint density at radius 2 is 2.05 bits per heavy atom. The van der Waals surface area contributed by atoms with E-state index in [4.69, 9.17) is 19.6 Å². The van der Waals surface area contributed by atoms with E-state index in [1.165, 1.54) is 0 Å². The molecule has 10 nitrogen and oxygen atoms in total. The summed E-state index contributed by atoms with van der Waals surface area (Å²) >= 11 is 0. The minimum absolute atomic E-state index is 0.0511. The molecule has 1 fully saturated rings. The third-order valence-corrected chi connectivity index (χ3v) is 3.83. The van der Waals surface area contributed by atoms with Crippen LogP contribution in [0, 0.1) is 0 Å². The number of nitrogens with zero attached hydrogens (tertiary/aromatic N) is 2. The number of hydrogen-bond acceptors (Lipinski definition) is 6. The second-order valence-corrected chi connectivity index (χ2v) is 5.71. The van der Waals surface area contributed by atoms with Crippen molar-refractivity contribution < 1.29 is 29.3 Å². The molecule has 1 saturated heterocycles. The molecule has 0 amide bonds. The highest BCUT2D eigenvalue weighted by molar-refractivity contribution is 7.50. The molecule has 0 bridgehead atoms. The predicted octanol–water partition coefficient (Wildman–Crippen LogP) is -2.41. The first-order chi connectivity index (χ1) is 9.25. The molecule has 0 aromatic carbocycles. The van der Waals surface area contributed by atoms with Crippen molar-refractivity contribution in [3.63, 3.8) is 0 Å². The fraction of sp³-hybridized carbons (Fsp3) is 0.556. The molecule has 1 aromatic rings. The van der Waals surface area contributed by atoms with Crippen LogP contribution in [0.5, 0.6) is 0 Å². The van der Waals surface area contributed by atoms with Gasteiger partial charge in [0.15, 0.2) is 0 Å². The normalized spacial score (nSPS) is 26.9. The van der Waals surface area contributed by atoms with Gasteiger partial charge in [-0.15, -0.1) is 0 Å². The van der Waals surface area contributed by atoms with Crippen LogP contribution in [0.15, 0.2) is 21.9 Å². The van der Waals surface area contributed by atoms with Crippen LogP contribution in [0.25, 0.3) is 0 Å². The molecule has 112 valence electrons. The van der Waals surface area contributed by atoms with E-state index in [2.05, 4.69) is 0 Å². The first-order valence-corrected chi connectivity index (χ1v) is 7.17. The maximum absolute atomic E-state index is 11.9. The van der Waals surface area contributed by atoms with Gasteiger partial charge >= 0.3 is 13.4 Å². The van der Waals surface area contributed by atoms with E-state index in [0.29, 0.717) is 0 Å². The molecule has 1 aromatic heterocycles. The summed E-state index contributed by atoms with van der Waals surface area (Å²) in [5.74, 6) is 0. The van der Waals surface area contributed by atoms with Gasteiger partial charge in [-0.1, -0.05) is 0 Å². The van der Waals surface area contributed by atoms with Crippen LogP contribution in [-0.2, 0) is 9.30 Å². The fourth-order valence-corrected chi connectivity index (χ4v) is 2.64. The Kier molecular flexibility index (Phi) is 3.96. The topological polar surface area (TPSA) is 151 Å². The lowest BCUT2D eigenvalue weighted by Crippen LogP contribution is -2.39. The minimum atomic E-state index is -5.09. The van der Waals surface area contributed by atoms with Gasteiger partial charge in [0.25, 0.3) is 5.56 Å². The van der Waals surface area contributed by atoms with Crippen LogP contribution in [0.2, 0.25) is 0 Å². The van der Waals surface area contributed by atoms with E-state index in [9.17, 15) is 19.3 Å². The van der Waals surface area contributed by atoms with Gasteiger partial charge in [-0.3, -0.25) is 9.36 Å². The summed E-state index contributed by atoms with van der Waals surface area (Å²) < 4.78 is 16.9. The third kappa shape index (κ3) is 2.62. The molecule has 1 aliphatic heterocycles. The number of hydrogen-bond donors (Lipinski definition) is 4. The van der Waals surface area contributed by atoms with E-state index in [0.717, 1.165) is 16.8 Å². The molecule has 4 N–H and O–H groups in total. The summed E-state index contributed by atoms with van der Waals surface area (Å²) in [6.45, 7) is -0.468. The van der Waals surface area contributed by atoms with Crippen LogP contribution < -0.4 is 11.2 Å². The summed E-state index contributed by atoms with van der Waals surface area (Å²) in [7, 11) is -5.09. The van der Waals surface area contributed by atoms with Gasteiger partial charge in [0.05, 0.1) is 12.7 Å². The Labute approximate surface area is 111 Å². The predicted molar refractivity (Wildman–Crippen MR) is 64.0 cm³/mol. The second kappa shape index (κ2) is 5.24. The Bertz CT molecular complexity index is 661. The van der Waals surface area contributed by atoms with Crippen LogP contribution >= 0.6 is 7.75 Å². The first kappa shape index (κ1) is 15.1. The average Bonchev–Trinajstić information content (AvgIpc) is 2.68. The maximum Gasteiger partial charge on any atom is 0.440 e. The van der Waals surface area contributed by atoms with E-state index in [1.54, 1.807) is 0 Å². The van der Waals surface area contributed by atoms with E-state index in [1.807, 2.05) is 0 Å². The van der Waals surface area contributed by atoms with Crippen molar-refractivity contribution in [3.8, 4) is 0 Å². The van der Waals surface area contributed by atoms with Gasteiger partial charge in [0.1, 0.15) is 12.3 Å². The second-order valence-electron chi connectivity index (χ2n) is 4.28. The third-order valence-electron chi connectivity index (χ3n) is 2.94. The van der Waals surface area contributed by atoms with Crippen molar-refractivity contribution in [2.45, 2.75) is 24.9 Å². The van der Waals surface area contributed by atoms with Crippen molar-refractivity contribution in [1.29, 1.82) is 0 Å². The Morgan fingerprint density at radius 3 is 2.55 bits per heavy atom. The molecule has 0 unspecified atom stereocenters. The number of aliphatic hydroxyl groups excluding tert-OH is 2. The molecule has 0 saturated carbocycles. The Balaban J connectivity index is 2.48. The van der Waals surface area contributed by atoms with Crippen LogP contribution in [0.4, 0.5) is 0 Å². The molecule has 2 rings (SSSR count). The molecule has 1 aliphatic rings. The highest BCUT2D eigenvalue weighted by atomic mass is 31.2. The number of aliphatic hydroxyl groups is 2. The van der Waals surface area contributed by atoms with Gasteiger partial charge in [0.2, 0.25) is 0 Å². The van der Waals surface area contributed by atoms with Crippen molar-refractivity contribution in [3.05, 3.63) is 33.1 Å². The lowest BCUT2D eigenvalue weighted by molar-refractivity contribution is -0.0461. The monoisotopic (exact) mass is 308 g/mol. The lowest BCUT2D eigenvalue weighted by atomic mass is 10.2. The number of rotatable bonds is 3. The molecule has 11 heteroatoms. The van der Waals surface area contributed by atoms with Gasteiger partial charge in [-0.25, -0.2) is 9.36 Å². The highest BCUT2D eigenvalue weighted by Gasteiger charge is 2.36. The van der Waals surface area contributed by atoms with Gasteiger partial charge in [-0.05, 0) is 0 Å². The Morgan fingerprint density at radius 1 is 1.40 bits per heavy atom. The van der Waals surface area contributed by atoms with Gasteiger partial charge in [-0.2, -0.15) is 4.34 Å². The molecule has 3 atom stereocenters. The lowest BCUT2D eigenvalue weighted by Gasteiger charge is -2.16. The van der Waals surface area contributed by atoms with Crippen molar-refractivity contribution in [2.75, 3.05) is 6.61 Å². The number of ether oxygens (including phenoxy) is 1. The van der Waals surface area contributed by atoms with Crippen LogP contribution in [0.3, 0.4) is 0 Å². The van der Waals surface area contributed by atoms with Crippen LogP contribution in [0.1, 0.15) is 12.6 Å². The average molecular weight is 308 g/mol. The van der Waals surface area contributed by atoms with Crippen molar-refractivity contribution >= 4 is 7.75 Å². The SMILES string of the molecule is O=c1ccn([C@H]2C[C@H](O)[C@@H](CO)O2)c(=O)n1P(=O)(O)O. The molecule has 0 aliphatic carbocycles. The molecular formula is C9H13N2O8P. The van der Waals surface area contributed by atoms with Gasteiger partial charge in [0, 0.05) is 18.7 Å². The summed E-state index contributed by atoms with van der Waals surface area (Å²) in [5.41, 5.74) is -2.39. The zero-order valence-electron chi connectivity index (χ0n) is 10.1. The highest BCUT2D eigenvalue weighted by Crippen LogP contribution is 2.33. The van der Waals surface area contributed by atoms with E-state index in [-0.39, 0.29) is 10.8 Å².